The summed E-state index contributed by atoms with van der Waals surface area (Å²) in [6, 6.07) is 0.244. The summed E-state index contributed by atoms with van der Waals surface area (Å²) in [5.74, 6) is 0.227. The number of piperidine rings is 2. The van der Waals surface area contributed by atoms with E-state index in [1.807, 2.05) is 41.5 Å². The molecule has 0 aliphatic carbocycles. The summed E-state index contributed by atoms with van der Waals surface area (Å²) in [7, 11) is 0. The van der Waals surface area contributed by atoms with Crippen molar-refractivity contribution in [3.63, 3.8) is 0 Å². The van der Waals surface area contributed by atoms with E-state index in [0.29, 0.717) is 25.9 Å². The van der Waals surface area contributed by atoms with Gasteiger partial charge in [0.1, 0.15) is 17.0 Å². The number of nitrogens with zero attached hydrogens (tertiary/aromatic N) is 2. The van der Waals surface area contributed by atoms with Gasteiger partial charge in [-0.1, -0.05) is 14.9 Å². The van der Waals surface area contributed by atoms with Crippen molar-refractivity contribution in [1.82, 2.24) is 9.80 Å². The molecule has 0 bridgehead atoms. The van der Waals surface area contributed by atoms with Crippen LogP contribution < -0.4 is 5.73 Å². The SMILES string of the molecule is C.C.CC(C)(C)OC(=O)N1CCC(=O)CC1.CC(C)(C)OC(=O)N1CCC(N)CC1. The average Bonchev–Trinajstić information content (AvgIpc) is 2.53. The number of hydrogen-bond donors (Lipinski definition) is 1. The maximum atomic E-state index is 11.6. The largest absolute Gasteiger partial charge is 0.444 e. The van der Waals surface area contributed by atoms with Crippen LogP contribution in [0.3, 0.4) is 0 Å². The molecule has 2 rings (SSSR count). The number of carbonyl (C=O) groups is 3. The van der Waals surface area contributed by atoms with Gasteiger partial charge in [-0.3, -0.25) is 4.79 Å². The lowest BCUT2D eigenvalue weighted by Crippen LogP contribution is -2.44. The summed E-state index contributed by atoms with van der Waals surface area (Å²) in [4.78, 5) is 37.4. The molecule has 2 fully saturated rings. The van der Waals surface area contributed by atoms with Crippen molar-refractivity contribution in [3.8, 4) is 0 Å². The molecule has 0 saturated carbocycles. The van der Waals surface area contributed by atoms with Gasteiger partial charge in [0.25, 0.3) is 0 Å². The monoisotopic (exact) mass is 431 g/mol. The molecule has 0 atom stereocenters. The summed E-state index contributed by atoms with van der Waals surface area (Å²) in [6.07, 6.45) is 2.13. The summed E-state index contributed by atoms with van der Waals surface area (Å²) >= 11 is 0. The molecule has 2 amide bonds. The molecule has 30 heavy (non-hydrogen) atoms. The van der Waals surface area contributed by atoms with Crippen molar-refractivity contribution in [2.75, 3.05) is 26.2 Å². The molecule has 0 aromatic carbocycles. The van der Waals surface area contributed by atoms with Crippen molar-refractivity contribution >= 4 is 18.0 Å². The van der Waals surface area contributed by atoms with Crippen LogP contribution in [-0.4, -0.2) is 71.2 Å². The van der Waals surface area contributed by atoms with E-state index in [-0.39, 0.29) is 38.9 Å². The number of rotatable bonds is 0. The van der Waals surface area contributed by atoms with E-state index in [9.17, 15) is 14.4 Å². The standard InChI is InChI=1S/C10H20N2O2.C10H17NO3.2CH4/c1-10(2,3)14-9(13)12-6-4-8(11)5-7-12;1-10(2,3)14-9(13)11-6-4-8(12)5-7-11;;/h8H,4-7,11H2,1-3H3;4-7H2,1-3H3;2*1H4. The van der Waals surface area contributed by atoms with Gasteiger partial charge in [0.05, 0.1) is 0 Å². The molecule has 2 saturated heterocycles. The molecule has 0 radical (unpaired) electrons. The summed E-state index contributed by atoms with van der Waals surface area (Å²) < 4.78 is 10.4. The topological polar surface area (TPSA) is 102 Å². The Balaban J connectivity index is 0. The van der Waals surface area contributed by atoms with E-state index in [4.69, 9.17) is 15.2 Å². The van der Waals surface area contributed by atoms with Gasteiger partial charge in [-0.25, -0.2) is 9.59 Å². The van der Waals surface area contributed by atoms with Gasteiger partial charge in [0.15, 0.2) is 0 Å². The van der Waals surface area contributed by atoms with E-state index >= 15 is 0 Å². The normalized spacial score (nSPS) is 17.6. The first-order valence-corrected chi connectivity index (χ1v) is 10.00. The molecule has 0 aromatic heterocycles. The highest BCUT2D eigenvalue weighted by Crippen LogP contribution is 2.14. The predicted molar refractivity (Wildman–Crippen MR) is 121 cm³/mol. The smallest absolute Gasteiger partial charge is 0.410 e. The summed E-state index contributed by atoms with van der Waals surface area (Å²) in [5, 5.41) is 0. The molecular weight excluding hydrogens is 386 g/mol. The molecule has 2 aliphatic heterocycles. The molecule has 8 nitrogen and oxygen atoms in total. The Kier molecular flexibility index (Phi) is 12.9. The van der Waals surface area contributed by atoms with Crippen molar-refractivity contribution < 1.29 is 23.9 Å². The number of Topliss-reactive ketones (excluding diaryl/α,β-unsaturated/α-hetero) is 1. The van der Waals surface area contributed by atoms with Gasteiger partial charge >= 0.3 is 12.2 Å². The number of ether oxygens (including phenoxy) is 2. The van der Waals surface area contributed by atoms with Gasteiger partial charge in [0, 0.05) is 45.1 Å². The van der Waals surface area contributed by atoms with E-state index < -0.39 is 11.2 Å². The fourth-order valence-corrected chi connectivity index (χ4v) is 2.67. The van der Waals surface area contributed by atoms with Gasteiger partial charge in [-0.2, -0.15) is 0 Å². The van der Waals surface area contributed by atoms with Crippen LogP contribution in [0.2, 0.25) is 0 Å². The van der Waals surface area contributed by atoms with Crippen molar-refractivity contribution in [2.45, 2.75) is 99.3 Å². The van der Waals surface area contributed by atoms with E-state index in [0.717, 1.165) is 25.9 Å². The maximum absolute atomic E-state index is 11.6. The fourth-order valence-electron chi connectivity index (χ4n) is 2.67. The van der Waals surface area contributed by atoms with Gasteiger partial charge in [-0.15, -0.1) is 0 Å². The fraction of sp³-hybridized carbons (Fsp3) is 0.864. The molecule has 0 spiro atoms. The molecule has 2 N–H and O–H groups in total. The quantitative estimate of drug-likeness (QED) is 0.616. The van der Waals surface area contributed by atoms with Crippen LogP contribution in [0.4, 0.5) is 9.59 Å². The third-order valence-electron chi connectivity index (χ3n) is 4.16. The zero-order valence-electron chi connectivity index (χ0n) is 18.2. The first-order valence-electron chi connectivity index (χ1n) is 10.00. The van der Waals surface area contributed by atoms with Crippen molar-refractivity contribution in [1.29, 1.82) is 0 Å². The minimum Gasteiger partial charge on any atom is -0.444 e. The zero-order valence-corrected chi connectivity index (χ0v) is 18.2. The molecule has 2 heterocycles. The maximum Gasteiger partial charge on any atom is 0.410 e. The average molecular weight is 432 g/mol. The second-order valence-electron chi connectivity index (χ2n) is 9.31. The second-order valence-corrected chi connectivity index (χ2v) is 9.31. The molecule has 0 unspecified atom stereocenters. The van der Waals surface area contributed by atoms with Crippen LogP contribution in [0.5, 0.6) is 0 Å². The number of hydrogen-bond acceptors (Lipinski definition) is 6. The summed E-state index contributed by atoms with van der Waals surface area (Å²) in [5.41, 5.74) is 4.88. The van der Waals surface area contributed by atoms with Gasteiger partial charge in [0.2, 0.25) is 0 Å². The third kappa shape index (κ3) is 12.7. The Labute approximate surface area is 183 Å². The van der Waals surface area contributed by atoms with Crippen LogP contribution in [0.1, 0.15) is 82.1 Å². The highest BCUT2D eigenvalue weighted by Gasteiger charge is 2.26. The highest BCUT2D eigenvalue weighted by molar-refractivity contribution is 5.81. The Hall–Kier alpha value is -1.83. The molecule has 178 valence electrons. The second kappa shape index (κ2) is 12.8. The van der Waals surface area contributed by atoms with Gasteiger partial charge < -0.3 is 25.0 Å². The van der Waals surface area contributed by atoms with Gasteiger partial charge in [-0.05, 0) is 54.4 Å². The zero-order chi connectivity index (χ0) is 21.5. The lowest BCUT2D eigenvalue weighted by atomic mass is 10.1. The van der Waals surface area contributed by atoms with Crippen LogP contribution in [0, 0.1) is 0 Å². The molecule has 2 aliphatic rings. The molecule has 0 aromatic rings. The Morgan fingerprint density at radius 1 is 0.800 bits per heavy atom. The van der Waals surface area contributed by atoms with Crippen LogP contribution in [0.15, 0.2) is 0 Å². The van der Waals surface area contributed by atoms with Crippen LogP contribution in [0.25, 0.3) is 0 Å². The Morgan fingerprint density at radius 3 is 1.47 bits per heavy atom. The Morgan fingerprint density at radius 2 is 1.13 bits per heavy atom. The minimum absolute atomic E-state index is 0. The van der Waals surface area contributed by atoms with E-state index in [2.05, 4.69) is 0 Å². The first-order chi connectivity index (χ1) is 12.8. The summed E-state index contributed by atoms with van der Waals surface area (Å²) in [6.45, 7) is 13.6. The van der Waals surface area contributed by atoms with Crippen LogP contribution >= 0.6 is 0 Å². The predicted octanol–water partition coefficient (Wildman–Crippen LogP) is 4.20. The van der Waals surface area contributed by atoms with E-state index in [1.165, 1.54) is 0 Å². The lowest BCUT2D eigenvalue weighted by molar-refractivity contribution is -0.121. The first kappa shape index (κ1) is 30.4. The molecular formula is C22H45N3O5. The van der Waals surface area contributed by atoms with Crippen molar-refractivity contribution in [3.05, 3.63) is 0 Å². The van der Waals surface area contributed by atoms with Crippen LogP contribution in [-0.2, 0) is 14.3 Å². The van der Waals surface area contributed by atoms with Crippen molar-refractivity contribution in [2.24, 2.45) is 5.73 Å². The number of likely N-dealkylation sites (tertiary alicyclic amines) is 2. The highest BCUT2D eigenvalue weighted by atomic mass is 16.6. The number of amides is 2. The third-order valence-corrected chi connectivity index (χ3v) is 4.16. The lowest BCUT2D eigenvalue weighted by Gasteiger charge is -2.32. The Bertz CT molecular complexity index is 534. The minimum atomic E-state index is -0.460. The number of nitrogens with two attached hydrogens (primary N) is 1. The van der Waals surface area contributed by atoms with E-state index in [1.54, 1.807) is 9.80 Å². The molecule has 8 heteroatoms. The number of ketones is 1. The number of carbonyl (C=O) groups excluding carboxylic acids is 3.